The van der Waals surface area contributed by atoms with Crippen LogP contribution in [0.1, 0.15) is 38.2 Å². The number of rotatable bonds is 2. The van der Waals surface area contributed by atoms with Crippen LogP contribution in [0.3, 0.4) is 0 Å². The molecule has 0 aliphatic heterocycles. The van der Waals surface area contributed by atoms with Crippen LogP contribution < -0.4 is 4.74 Å². The predicted molar refractivity (Wildman–Crippen MR) is 64.7 cm³/mol. The molecule has 1 aliphatic carbocycles. The lowest BCUT2D eigenvalue weighted by Gasteiger charge is -2.39. The van der Waals surface area contributed by atoms with Crippen molar-refractivity contribution in [2.75, 3.05) is 0 Å². The number of hydrogen-bond donors (Lipinski definition) is 1. The maximum absolute atomic E-state index is 12.4. The number of benzene rings is 1. The first-order chi connectivity index (χ1) is 8.83. The van der Waals surface area contributed by atoms with Crippen LogP contribution >= 0.6 is 0 Å². The van der Waals surface area contributed by atoms with E-state index in [1.807, 2.05) is 6.92 Å². The van der Waals surface area contributed by atoms with Gasteiger partial charge < -0.3 is 9.84 Å². The van der Waals surface area contributed by atoms with E-state index in [4.69, 9.17) is 0 Å². The number of hydrogen-bond acceptors (Lipinski definition) is 2. The summed E-state index contributed by atoms with van der Waals surface area (Å²) in [6, 6.07) is 5.87. The molecule has 0 saturated heterocycles. The minimum Gasteiger partial charge on any atom is -0.405 e. The second kappa shape index (κ2) is 5.04. The van der Waals surface area contributed by atoms with E-state index >= 15 is 0 Å². The van der Waals surface area contributed by atoms with Crippen molar-refractivity contribution >= 4 is 0 Å². The predicted octanol–water partition coefficient (Wildman–Crippen LogP) is 3.98. The van der Waals surface area contributed by atoms with Gasteiger partial charge >= 0.3 is 6.36 Å². The highest BCUT2D eigenvalue weighted by atomic mass is 19.4. The van der Waals surface area contributed by atoms with Gasteiger partial charge in [-0.05, 0) is 24.8 Å². The van der Waals surface area contributed by atoms with Gasteiger partial charge in [0.2, 0.25) is 0 Å². The molecule has 1 aliphatic rings. The van der Waals surface area contributed by atoms with Crippen molar-refractivity contribution < 1.29 is 23.0 Å². The number of ether oxygens (including phenoxy) is 1. The van der Waals surface area contributed by atoms with Gasteiger partial charge in [-0.1, -0.05) is 38.0 Å². The number of alkyl halides is 3. The van der Waals surface area contributed by atoms with Crippen LogP contribution in [0.4, 0.5) is 13.2 Å². The Labute approximate surface area is 110 Å². The summed E-state index contributed by atoms with van der Waals surface area (Å²) < 4.78 is 41.3. The molecule has 0 heterocycles. The largest absolute Gasteiger partial charge is 0.573 e. The van der Waals surface area contributed by atoms with Gasteiger partial charge in [0.15, 0.2) is 0 Å². The fourth-order valence-electron chi connectivity index (χ4n) is 2.77. The zero-order valence-electron chi connectivity index (χ0n) is 10.7. The standard InChI is InChI=1S/C14H17F3O2/c1-10-6-4-5-9-13(10,18)11-7-2-3-8-12(11)19-14(15,16)17/h2-3,7-8,10,18H,4-6,9H2,1H3. The highest BCUT2D eigenvalue weighted by Gasteiger charge is 2.41. The van der Waals surface area contributed by atoms with Crippen molar-refractivity contribution in [3.63, 3.8) is 0 Å². The first-order valence-corrected chi connectivity index (χ1v) is 6.40. The molecule has 0 spiro atoms. The van der Waals surface area contributed by atoms with Crippen LogP contribution in [0.2, 0.25) is 0 Å². The Morgan fingerprint density at radius 3 is 2.58 bits per heavy atom. The van der Waals surface area contributed by atoms with Crippen molar-refractivity contribution in [1.82, 2.24) is 0 Å². The fraction of sp³-hybridized carbons (Fsp3) is 0.571. The third-order valence-electron chi connectivity index (χ3n) is 3.84. The summed E-state index contributed by atoms with van der Waals surface area (Å²) in [5.41, 5.74) is -1.00. The third kappa shape index (κ3) is 3.03. The molecule has 1 N–H and O–H groups in total. The molecule has 2 atom stereocenters. The van der Waals surface area contributed by atoms with E-state index in [1.165, 1.54) is 18.2 Å². The van der Waals surface area contributed by atoms with Crippen molar-refractivity contribution in [3.05, 3.63) is 29.8 Å². The summed E-state index contributed by atoms with van der Waals surface area (Å²) in [5.74, 6) is -0.384. The average Bonchev–Trinajstić information content (AvgIpc) is 2.32. The first-order valence-electron chi connectivity index (χ1n) is 6.40. The minimum absolute atomic E-state index is 0.0840. The van der Waals surface area contributed by atoms with Gasteiger partial charge in [0.25, 0.3) is 0 Å². The summed E-state index contributed by atoms with van der Waals surface area (Å²) in [7, 11) is 0. The van der Waals surface area contributed by atoms with E-state index in [9.17, 15) is 18.3 Å². The molecule has 1 fully saturated rings. The normalized spacial score (nSPS) is 28.2. The van der Waals surface area contributed by atoms with E-state index in [1.54, 1.807) is 6.07 Å². The molecule has 0 amide bonds. The van der Waals surface area contributed by atoms with Crippen LogP contribution in [0.15, 0.2) is 24.3 Å². The zero-order valence-corrected chi connectivity index (χ0v) is 10.7. The maximum atomic E-state index is 12.4. The molecule has 0 bridgehead atoms. The van der Waals surface area contributed by atoms with E-state index < -0.39 is 12.0 Å². The summed E-state index contributed by atoms with van der Waals surface area (Å²) in [6.07, 6.45) is -1.68. The Kier molecular flexibility index (Phi) is 3.76. The van der Waals surface area contributed by atoms with Crippen LogP contribution in [0, 0.1) is 5.92 Å². The zero-order chi connectivity index (χ0) is 14.1. The highest BCUT2D eigenvalue weighted by molar-refractivity contribution is 5.39. The number of aliphatic hydroxyl groups is 1. The van der Waals surface area contributed by atoms with E-state index in [2.05, 4.69) is 4.74 Å². The van der Waals surface area contributed by atoms with Crippen LogP contribution in [-0.4, -0.2) is 11.5 Å². The lowest BCUT2D eigenvalue weighted by Crippen LogP contribution is -2.37. The van der Waals surface area contributed by atoms with Crippen molar-refractivity contribution in [2.24, 2.45) is 5.92 Å². The Morgan fingerprint density at radius 1 is 1.26 bits per heavy atom. The second-order valence-electron chi connectivity index (χ2n) is 5.12. The monoisotopic (exact) mass is 274 g/mol. The summed E-state index contributed by atoms with van der Waals surface area (Å²) >= 11 is 0. The van der Waals surface area contributed by atoms with Gasteiger partial charge in [0, 0.05) is 5.56 Å². The quantitative estimate of drug-likeness (QED) is 0.883. The van der Waals surface area contributed by atoms with E-state index in [0.29, 0.717) is 6.42 Å². The van der Waals surface area contributed by atoms with Crippen LogP contribution in [-0.2, 0) is 5.60 Å². The molecule has 2 nitrogen and oxygen atoms in total. The Morgan fingerprint density at radius 2 is 1.95 bits per heavy atom. The summed E-state index contributed by atoms with van der Waals surface area (Å²) in [6.45, 7) is 1.86. The molecule has 1 aromatic carbocycles. The van der Waals surface area contributed by atoms with Crippen molar-refractivity contribution in [1.29, 1.82) is 0 Å². The van der Waals surface area contributed by atoms with Crippen molar-refractivity contribution in [2.45, 2.75) is 44.6 Å². The smallest absolute Gasteiger partial charge is 0.405 e. The van der Waals surface area contributed by atoms with E-state index in [0.717, 1.165) is 19.3 Å². The Hall–Kier alpha value is -1.23. The van der Waals surface area contributed by atoms with Crippen molar-refractivity contribution in [3.8, 4) is 5.75 Å². The summed E-state index contributed by atoms with van der Waals surface area (Å²) in [5, 5.41) is 10.7. The van der Waals surface area contributed by atoms with Gasteiger partial charge in [0.1, 0.15) is 5.75 Å². The average molecular weight is 274 g/mol. The molecule has 106 valence electrons. The van der Waals surface area contributed by atoms with E-state index in [-0.39, 0.29) is 17.2 Å². The lowest BCUT2D eigenvalue weighted by atomic mass is 9.72. The second-order valence-corrected chi connectivity index (χ2v) is 5.12. The van der Waals surface area contributed by atoms with Gasteiger partial charge in [-0.3, -0.25) is 0 Å². The molecular formula is C14H17F3O2. The molecule has 1 aromatic rings. The molecule has 2 unspecified atom stereocenters. The molecule has 0 radical (unpaired) electrons. The number of halogens is 3. The minimum atomic E-state index is -4.75. The molecule has 2 rings (SSSR count). The molecule has 19 heavy (non-hydrogen) atoms. The Bertz CT molecular complexity index is 445. The SMILES string of the molecule is CC1CCCCC1(O)c1ccccc1OC(F)(F)F. The van der Waals surface area contributed by atoms with Gasteiger partial charge in [0.05, 0.1) is 5.60 Å². The Balaban J connectivity index is 2.38. The summed E-state index contributed by atoms with van der Waals surface area (Å²) in [4.78, 5) is 0. The molecular weight excluding hydrogens is 257 g/mol. The molecule has 5 heteroatoms. The fourth-order valence-corrected chi connectivity index (χ4v) is 2.77. The molecule has 0 aromatic heterocycles. The van der Waals surface area contributed by atoms with Gasteiger partial charge in [-0.15, -0.1) is 13.2 Å². The first kappa shape index (κ1) is 14.2. The topological polar surface area (TPSA) is 29.5 Å². The van der Waals surface area contributed by atoms with Gasteiger partial charge in [-0.25, -0.2) is 0 Å². The van der Waals surface area contributed by atoms with Crippen LogP contribution in [0.5, 0.6) is 5.75 Å². The van der Waals surface area contributed by atoms with Crippen LogP contribution in [0.25, 0.3) is 0 Å². The maximum Gasteiger partial charge on any atom is 0.573 e. The lowest BCUT2D eigenvalue weighted by molar-refractivity contribution is -0.275. The molecule has 1 saturated carbocycles. The number of para-hydroxylation sites is 1. The van der Waals surface area contributed by atoms with Gasteiger partial charge in [-0.2, -0.15) is 0 Å². The third-order valence-corrected chi connectivity index (χ3v) is 3.84. The highest BCUT2D eigenvalue weighted by Crippen LogP contribution is 2.45.